The van der Waals surface area contributed by atoms with Crippen LogP contribution in [-0.2, 0) is 27.2 Å². The van der Waals surface area contributed by atoms with E-state index in [1.54, 1.807) is 14.0 Å². The highest BCUT2D eigenvalue weighted by Gasteiger charge is 2.17. The van der Waals surface area contributed by atoms with Gasteiger partial charge in [0.1, 0.15) is 17.5 Å². The molecule has 0 radical (unpaired) electrons. The first-order chi connectivity index (χ1) is 11.0. The zero-order valence-electron chi connectivity index (χ0n) is 13.6. The fraction of sp³-hybridized carbons (Fsp3) is 0.533. The lowest BCUT2D eigenvalue weighted by Gasteiger charge is -2.14. The molecule has 1 atom stereocenters. The topological polar surface area (TPSA) is 70.4 Å². The van der Waals surface area contributed by atoms with Gasteiger partial charge in [0, 0.05) is 12.0 Å². The van der Waals surface area contributed by atoms with Crippen molar-refractivity contribution in [3.8, 4) is 0 Å². The van der Waals surface area contributed by atoms with Gasteiger partial charge in [-0.1, -0.05) is 18.7 Å². The van der Waals surface area contributed by atoms with Gasteiger partial charge in [-0.05, 0) is 25.7 Å². The second-order valence-corrected chi connectivity index (χ2v) is 6.92. The maximum absolute atomic E-state index is 12.7. The highest BCUT2D eigenvalue weighted by Crippen LogP contribution is 2.24. The van der Waals surface area contributed by atoms with Crippen LogP contribution in [0.15, 0.2) is 16.0 Å². The Labute approximate surface area is 142 Å². The molecule has 0 aliphatic carbocycles. The third-order valence-electron chi connectivity index (χ3n) is 3.22. The Morgan fingerprint density at radius 2 is 2.26 bits per heavy atom. The van der Waals surface area contributed by atoms with Crippen molar-refractivity contribution >= 4 is 39.3 Å². The second kappa shape index (κ2) is 7.94. The predicted octanol–water partition coefficient (Wildman–Crippen LogP) is 2.32. The van der Waals surface area contributed by atoms with Crippen LogP contribution >= 0.6 is 23.1 Å². The van der Waals surface area contributed by atoms with Crippen molar-refractivity contribution in [3.05, 3.63) is 21.3 Å². The quantitative estimate of drug-likeness (QED) is 0.431. The van der Waals surface area contributed by atoms with E-state index in [0.29, 0.717) is 22.0 Å². The van der Waals surface area contributed by atoms with Crippen molar-refractivity contribution in [2.75, 3.05) is 20.0 Å². The maximum Gasteiger partial charge on any atom is 0.326 e. The first kappa shape index (κ1) is 18.0. The predicted molar refractivity (Wildman–Crippen MR) is 92.5 cm³/mol. The van der Waals surface area contributed by atoms with Crippen molar-refractivity contribution in [1.82, 2.24) is 9.55 Å². The average molecular weight is 356 g/mol. The number of methoxy groups -OCH3 is 1. The van der Waals surface area contributed by atoms with E-state index in [1.165, 1.54) is 27.7 Å². The van der Waals surface area contributed by atoms with E-state index in [0.717, 1.165) is 11.3 Å². The summed E-state index contributed by atoms with van der Waals surface area (Å²) in [6, 6.07) is 1.86. The number of carbonyl (C=O) groups is 1. The average Bonchev–Trinajstić information content (AvgIpc) is 2.93. The van der Waals surface area contributed by atoms with Crippen LogP contribution in [0.2, 0.25) is 0 Å². The van der Waals surface area contributed by atoms with Crippen LogP contribution in [0.4, 0.5) is 0 Å². The fourth-order valence-electron chi connectivity index (χ4n) is 2.18. The van der Waals surface area contributed by atoms with E-state index in [-0.39, 0.29) is 18.2 Å². The number of esters is 1. The molecule has 0 spiro atoms. The van der Waals surface area contributed by atoms with Gasteiger partial charge in [-0.25, -0.2) is 4.98 Å². The van der Waals surface area contributed by atoms with Gasteiger partial charge < -0.3 is 9.47 Å². The van der Waals surface area contributed by atoms with Crippen LogP contribution in [0.3, 0.4) is 0 Å². The van der Waals surface area contributed by atoms with Gasteiger partial charge in [-0.15, -0.1) is 11.3 Å². The minimum Gasteiger partial charge on any atom is -0.459 e. The van der Waals surface area contributed by atoms with Crippen molar-refractivity contribution in [2.24, 2.45) is 0 Å². The number of carbonyl (C=O) groups excluding carboxylic acids is 1. The van der Waals surface area contributed by atoms with Gasteiger partial charge in [0.05, 0.1) is 12.0 Å². The molecular weight excluding hydrogens is 336 g/mol. The number of nitrogens with zero attached hydrogens (tertiary/aromatic N) is 2. The molecule has 0 aromatic carbocycles. The number of fused-ring (bicyclic) bond motifs is 1. The van der Waals surface area contributed by atoms with E-state index < -0.39 is 5.97 Å². The number of thioether (sulfide) groups is 1. The van der Waals surface area contributed by atoms with Gasteiger partial charge in [0.25, 0.3) is 5.56 Å². The summed E-state index contributed by atoms with van der Waals surface area (Å²) in [4.78, 5) is 31.0. The molecule has 0 aliphatic rings. The van der Waals surface area contributed by atoms with Gasteiger partial charge in [-0.2, -0.15) is 0 Å². The first-order valence-corrected chi connectivity index (χ1v) is 9.29. The smallest absolute Gasteiger partial charge is 0.326 e. The number of aromatic nitrogens is 2. The zero-order valence-corrected chi connectivity index (χ0v) is 15.3. The maximum atomic E-state index is 12.7. The molecule has 1 unspecified atom stereocenters. The molecule has 0 fully saturated rings. The van der Waals surface area contributed by atoms with Gasteiger partial charge in [0.15, 0.2) is 5.16 Å². The molecule has 2 heterocycles. The molecule has 8 heteroatoms. The van der Waals surface area contributed by atoms with Crippen molar-refractivity contribution in [3.63, 3.8) is 0 Å². The molecular formula is C15H20N2O4S2. The molecule has 6 nitrogen and oxygen atoms in total. The number of aryl methyl sites for hydroxylation is 1. The van der Waals surface area contributed by atoms with Crippen molar-refractivity contribution < 1.29 is 14.3 Å². The summed E-state index contributed by atoms with van der Waals surface area (Å²) >= 11 is 2.85. The fourth-order valence-corrected chi connectivity index (χ4v) is 3.74. The third kappa shape index (κ3) is 4.13. The van der Waals surface area contributed by atoms with E-state index >= 15 is 0 Å². The summed E-state index contributed by atoms with van der Waals surface area (Å²) in [5, 5.41) is 1.07. The van der Waals surface area contributed by atoms with Crippen LogP contribution in [0.25, 0.3) is 10.2 Å². The minimum absolute atomic E-state index is 0.149. The van der Waals surface area contributed by atoms with Gasteiger partial charge in [0.2, 0.25) is 0 Å². The summed E-state index contributed by atoms with van der Waals surface area (Å²) in [5.74, 6) is -0.473. The Bertz CT molecular complexity index is 754. The molecule has 23 heavy (non-hydrogen) atoms. The Hall–Kier alpha value is -1.38. The summed E-state index contributed by atoms with van der Waals surface area (Å²) in [6.07, 6.45) is 2.33. The van der Waals surface area contributed by atoms with Crippen LogP contribution in [0.1, 0.15) is 18.7 Å². The molecule has 126 valence electrons. The first-order valence-electron chi connectivity index (χ1n) is 7.25. The number of hydrogen-bond acceptors (Lipinski definition) is 7. The SMILES string of the molecule is CCc1cc2c(=O)n(CC(=O)OC(C)COC)c(SC)nc2s1. The highest BCUT2D eigenvalue weighted by molar-refractivity contribution is 7.98. The number of rotatable bonds is 7. The number of hydrogen-bond donors (Lipinski definition) is 0. The minimum atomic E-state index is -0.473. The lowest BCUT2D eigenvalue weighted by Crippen LogP contribution is -2.29. The normalized spacial score (nSPS) is 12.5. The molecule has 2 aromatic heterocycles. The van der Waals surface area contributed by atoms with E-state index in [9.17, 15) is 9.59 Å². The van der Waals surface area contributed by atoms with Gasteiger partial charge in [-0.3, -0.25) is 14.2 Å². The Morgan fingerprint density at radius 3 is 2.87 bits per heavy atom. The molecule has 0 saturated carbocycles. The molecule has 0 bridgehead atoms. The van der Waals surface area contributed by atoms with E-state index in [2.05, 4.69) is 4.98 Å². The molecule has 2 aromatic rings. The Balaban J connectivity index is 2.33. The second-order valence-electron chi connectivity index (χ2n) is 5.03. The Kier molecular flexibility index (Phi) is 6.20. The van der Waals surface area contributed by atoms with Crippen molar-refractivity contribution in [1.29, 1.82) is 0 Å². The van der Waals surface area contributed by atoms with E-state index in [1.807, 2.05) is 19.2 Å². The van der Waals surface area contributed by atoms with Crippen LogP contribution < -0.4 is 5.56 Å². The summed E-state index contributed by atoms with van der Waals surface area (Å²) < 4.78 is 11.5. The Morgan fingerprint density at radius 1 is 1.52 bits per heavy atom. The van der Waals surface area contributed by atoms with Crippen LogP contribution in [0.5, 0.6) is 0 Å². The van der Waals surface area contributed by atoms with Crippen LogP contribution in [0, 0.1) is 0 Å². The molecule has 0 N–H and O–H groups in total. The summed E-state index contributed by atoms with van der Waals surface area (Å²) in [6.45, 7) is 3.95. The molecule has 2 rings (SSSR count). The third-order valence-corrected chi connectivity index (χ3v) is 5.07. The molecule has 0 aliphatic heterocycles. The van der Waals surface area contributed by atoms with Crippen LogP contribution in [-0.4, -0.2) is 41.6 Å². The standard InChI is InChI=1S/C15H20N2O4S2/c1-5-10-6-11-13(23-10)16-15(22-4)17(14(11)19)7-12(18)21-9(2)8-20-3/h6,9H,5,7-8H2,1-4H3. The molecule has 0 amide bonds. The summed E-state index contributed by atoms with van der Waals surface area (Å²) in [7, 11) is 1.54. The highest BCUT2D eigenvalue weighted by atomic mass is 32.2. The van der Waals surface area contributed by atoms with Gasteiger partial charge >= 0.3 is 5.97 Å². The number of ether oxygens (including phenoxy) is 2. The van der Waals surface area contributed by atoms with Crippen molar-refractivity contribution in [2.45, 2.75) is 38.1 Å². The monoisotopic (exact) mass is 356 g/mol. The zero-order chi connectivity index (χ0) is 17.0. The number of thiophene rings is 1. The lowest BCUT2D eigenvalue weighted by molar-refractivity contribution is -0.151. The lowest BCUT2D eigenvalue weighted by atomic mass is 10.3. The van der Waals surface area contributed by atoms with E-state index in [4.69, 9.17) is 9.47 Å². The molecule has 0 saturated heterocycles. The summed E-state index contributed by atoms with van der Waals surface area (Å²) in [5.41, 5.74) is -0.202. The largest absolute Gasteiger partial charge is 0.459 e.